The van der Waals surface area contributed by atoms with Crippen LogP contribution in [0.1, 0.15) is 55.9 Å². The number of rotatable bonds is 5. The molecule has 3 rings (SSSR count). The molecule has 7 heteroatoms. The van der Waals surface area contributed by atoms with Crippen LogP contribution in [0.15, 0.2) is 29.3 Å². The van der Waals surface area contributed by atoms with Crippen molar-refractivity contribution in [1.82, 2.24) is 25.4 Å². The number of guanidine groups is 1. The standard InChI is InChI=1S/C20H27N7/c1-4-22-20(23-12-16-7-5-15(11-21)6-8-16)24-17-9-10-18-25-19(14(2)3)26-27(18)13-17/h5-8,14,17H,4,9-10,12-13H2,1-3H3,(H2,22,23,24). The molecule has 1 unspecified atom stereocenters. The van der Waals surface area contributed by atoms with Crippen molar-refractivity contribution >= 4 is 5.96 Å². The van der Waals surface area contributed by atoms with Gasteiger partial charge in [0.1, 0.15) is 5.82 Å². The van der Waals surface area contributed by atoms with Crippen LogP contribution in [0, 0.1) is 11.3 Å². The second kappa shape index (κ2) is 8.67. The zero-order chi connectivity index (χ0) is 19.2. The Labute approximate surface area is 160 Å². The molecule has 142 valence electrons. The van der Waals surface area contributed by atoms with E-state index in [1.165, 1.54) is 0 Å². The molecule has 0 spiro atoms. The summed E-state index contributed by atoms with van der Waals surface area (Å²) < 4.78 is 2.03. The third kappa shape index (κ3) is 4.85. The Balaban J connectivity index is 1.64. The van der Waals surface area contributed by atoms with Crippen molar-refractivity contribution in [1.29, 1.82) is 5.26 Å². The van der Waals surface area contributed by atoms with E-state index in [1.54, 1.807) is 0 Å². The minimum atomic E-state index is 0.276. The molecular formula is C20H27N7. The summed E-state index contributed by atoms with van der Waals surface area (Å²) in [7, 11) is 0. The molecule has 0 bridgehead atoms. The van der Waals surface area contributed by atoms with Crippen molar-refractivity contribution in [3.8, 4) is 6.07 Å². The van der Waals surface area contributed by atoms with E-state index in [2.05, 4.69) is 52.5 Å². The SMILES string of the molecule is CCNC(=NCc1ccc(C#N)cc1)NC1CCc2nc(C(C)C)nn2C1. The molecule has 2 N–H and O–H groups in total. The summed E-state index contributed by atoms with van der Waals surface area (Å²) in [6.07, 6.45) is 1.93. The predicted octanol–water partition coefficient (Wildman–Crippen LogP) is 2.34. The number of nitrogens with zero attached hydrogens (tertiary/aromatic N) is 5. The van der Waals surface area contributed by atoms with E-state index >= 15 is 0 Å². The van der Waals surface area contributed by atoms with Gasteiger partial charge in [-0.05, 0) is 31.0 Å². The lowest BCUT2D eigenvalue weighted by molar-refractivity contribution is 0.391. The maximum atomic E-state index is 8.89. The second-order valence-electron chi connectivity index (χ2n) is 7.11. The van der Waals surface area contributed by atoms with E-state index in [9.17, 15) is 0 Å². The lowest BCUT2D eigenvalue weighted by Crippen LogP contribution is -2.47. The molecule has 0 aliphatic carbocycles. The minimum absolute atomic E-state index is 0.276. The van der Waals surface area contributed by atoms with Crippen molar-refractivity contribution in [2.45, 2.75) is 58.7 Å². The highest BCUT2D eigenvalue weighted by Crippen LogP contribution is 2.17. The van der Waals surface area contributed by atoms with E-state index < -0.39 is 0 Å². The Kier molecular flexibility index (Phi) is 6.07. The Morgan fingerprint density at radius 3 is 2.81 bits per heavy atom. The quantitative estimate of drug-likeness (QED) is 0.627. The molecule has 0 saturated carbocycles. The fourth-order valence-electron chi connectivity index (χ4n) is 3.06. The lowest BCUT2D eigenvalue weighted by atomic mass is 10.1. The first-order chi connectivity index (χ1) is 13.1. The van der Waals surface area contributed by atoms with Crippen molar-refractivity contribution in [2.75, 3.05) is 6.54 Å². The van der Waals surface area contributed by atoms with Gasteiger partial charge in [-0.15, -0.1) is 0 Å². The molecule has 0 fully saturated rings. The third-order valence-corrected chi connectivity index (χ3v) is 4.58. The number of fused-ring (bicyclic) bond motifs is 1. The Bertz CT molecular complexity index is 827. The van der Waals surface area contributed by atoms with Gasteiger partial charge >= 0.3 is 0 Å². The van der Waals surface area contributed by atoms with Crippen molar-refractivity contribution in [3.63, 3.8) is 0 Å². The van der Waals surface area contributed by atoms with Gasteiger partial charge in [0.15, 0.2) is 11.8 Å². The largest absolute Gasteiger partial charge is 0.357 e. The summed E-state index contributed by atoms with van der Waals surface area (Å²) in [5.74, 6) is 3.16. The predicted molar refractivity (Wildman–Crippen MR) is 105 cm³/mol. The van der Waals surface area contributed by atoms with Crippen LogP contribution in [0.3, 0.4) is 0 Å². The average molecular weight is 365 g/mol. The molecule has 1 aliphatic heterocycles. The molecule has 2 aromatic rings. The molecule has 0 radical (unpaired) electrons. The zero-order valence-corrected chi connectivity index (χ0v) is 16.2. The number of aliphatic imine (C=N–C) groups is 1. The molecule has 0 saturated heterocycles. The van der Waals surface area contributed by atoms with E-state index in [1.807, 2.05) is 28.9 Å². The highest BCUT2D eigenvalue weighted by atomic mass is 15.4. The topological polar surface area (TPSA) is 90.9 Å². The first-order valence-corrected chi connectivity index (χ1v) is 9.56. The molecule has 27 heavy (non-hydrogen) atoms. The van der Waals surface area contributed by atoms with Gasteiger partial charge < -0.3 is 10.6 Å². The maximum absolute atomic E-state index is 8.89. The molecule has 1 atom stereocenters. The first-order valence-electron chi connectivity index (χ1n) is 9.56. The van der Waals surface area contributed by atoms with Crippen LogP contribution in [0.2, 0.25) is 0 Å². The number of nitrogens with one attached hydrogen (secondary N) is 2. The van der Waals surface area contributed by atoms with Gasteiger partial charge in [-0.1, -0.05) is 26.0 Å². The monoisotopic (exact) mass is 365 g/mol. The Morgan fingerprint density at radius 2 is 2.15 bits per heavy atom. The van der Waals surface area contributed by atoms with E-state index in [0.29, 0.717) is 18.0 Å². The molecule has 7 nitrogen and oxygen atoms in total. The van der Waals surface area contributed by atoms with Crippen LogP contribution in [0.5, 0.6) is 0 Å². The van der Waals surface area contributed by atoms with Gasteiger partial charge in [-0.25, -0.2) is 14.7 Å². The third-order valence-electron chi connectivity index (χ3n) is 4.58. The molecular weight excluding hydrogens is 338 g/mol. The van der Waals surface area contributed by atoms with Gasteiger partial charge in [0, 0.05) is 24.9 Å². The van der Waals surface area contributed by atoms with Crippen LogP contribution < -0.4 is 10.6 Å². The molecule has 1 aromatic carbocycles. The summed E-state index contributed by atoms with van der Waals surface area (Å²) in [6.45, 7) is 8.48. The summed E-state index contributed by atoms with van der Waals surface area (Å²) in [5.41, 5.74) is 1.74. The zero-order valence-electron chi connectivity index (χ0n) is 16.2. The number of nitriles is 1. The summed E-state index contributed by atoms with van der Waals surface area (Å²) >= 11 is 0. The minimum Gasteiger partial charge on any atom is -0.357 e. The normalized spacial score (nSPS) is 16.7. The molecule has 0 amide bonds. The van der Waals surface area contributed by atoms with Gasteiger partial charge in [0.25, 0.3) is 0 Å². The van der Waals surface area contributed by atoms with Gasteiger partial charge in [-0.2, -0.15) is 10.4 Å². The van der Waals surface area contributed by atoms with Gasteiger partial charge in [0.2, 0.25) is 0 Å². The van der Waals surface area contributed by atoms with Crippen LogP contribution in [0.25, 0.3) is 0 Å². The van der Waals surface area contributed by atoms with E-state index in [-0.39, 0.29) is 6.04 Å². The fraction of sp³-hybridized carbons (Fsp3) is 0.500. The van der Waals surface area contributed by atoms with Crippen LogP contribution in [0.4, 0.5) is 0 Å². The molecule has 2 heterocycles. The summed E-state index contributed by atoms with van der Waals surface area (Å²) in [4.78, 5) is 9.33. The van der Waals surface area contributed by atoms with Crippen LogP contribution in [-0.2, 0) is 19.5 Å². The van der Waals surface area contributed by atoms with E-state index in [0.717, 1.165) is 49.1 Å². The average Bonchev–Trinajstić information content (AvgIpc) is 3.10. The van der Waals surface area contributed by atoms with Crippen molar-refractivity contribution < 1.29 is 0 Å². The van der Waals surface area contributed by atoms with Crippen molar-refractivity contribution in [3.05, 3.63) is 47.0 Å². The summed E-state index contributed by atoms with van der Waals surface area (Å²) in [5, 5.41) is 20.4. The van der Waals surface area contributed by atoms with Crippen molar-refractivity contribution in [2.24, 2.45) is 4.99 Å². The number of aromatic nitrogens is 3. The first kappa shape index (κ1) is 18.9. The summed E-state index contributed by atoms with van der Waals surface area (Å²) in [6, 6.07) is 9.95. The van der Waals surface area contributed by atoms with Crippen LogP contribution >= 0.6 is 0 Å². The van der Waals surface area contributed by atoms with E-state index in [4.69, 9.17) is 5.26 Å². The Morgan fingerprint density at radius 1 is 1.37 bits per heavy atom. The maximum Gasteiger partial charge on any atom is 0.191 e. The second-order valence-corrected chi connectivity index (χ2v) is 7.11. The number of hydrogen-bond donors (Lipinski definition) is 2. The fourth-order valence-corrected chi connectivity index (χ4v) is 3.06. The Hall–Kier alpha value is -2.88. The highest BCUT2D eigenvalue weighted by Gasteiger charge is 2.23. The van der Waals surface area contributed by atoms with Crippen LogP contribution in [-0.4, -0.2) is 33.3 Å². The van der Waals surface area contributed by atoms with Gasteiger partial charge in [-0.3, -0.25) is 0 Å². The smallest absolute Gasteiger partial charge is 0.191 e. The van der Waals surface area contributed by atoms with Gasteiger partial charge in [0.05, 0.1) is 24.7 Å². The number of hydrogen-bond acceptors (Lipinski definition) is 4. The number of benzene rings is 1. The lowest BCUT2D eigenvalue weighted by Gasteiger charge is -2.25. The highest BCUT2D eigenvalue weighted by molar-refractivity contribution is 5.80. The number of aryl methyl sites for hydroxylation is 1. The molecule has 1 aromatic heterocycles. The molecule has 1 aliphatic rings.